The van der Waals surface area contributed by atoms with Crippen molar-refractivity contribution in [2.75, 3.05) is 18.5 Å². The van der Waals surface area contributed by atoms with E-state index in [1.807, 2.05) is 30.3 Å². The van der Waals surface area contributed by atoms with Crippen LogP contribution in [0.2, 0.25) is 5.02 Å². The van der Waals surface area contributed by atoms with E-state index in [0.29, 0.717) is 19.5 Å². The highest BCUT2D eigenvalue weighted by atomic mass is 35.5. The third-order valence-corrected chi connectivity index (χ3v) is 9.17. The second-order valence-corrected chi connectivity index (χ2v) is 12.6. The number of unbranched alkanes of at least 4 members (excludes halogenated alkanes) is 1. The number of benzene rings is 2. The Morgan fingerprint density at radius 2 is 1.82 bits per heavy atom. The first-order chi connectivity index (χ1) is 16.3. The highest BCUT2D eigenvalue weighted by Gasteiger charge is 2.35. The van der Waals surface area contributed by atoms with Crippen molar-refractivity contribution in [1.82, 2.24) is 5.32 Å². The number of nitrogens with one attached hydrogen (secondary N) is 1. The van der Waals surface area contributed by atoms with Gasteiger partial charge in [-0.15, -0.1) is 11.8 Å². The summed E-state index contributed by atoms with van der Waals surface area (Å²) in [4.78, 5) is 18.9. The summed E-state index contributed by atoms with van der Waals surface area (Å²) in [5, 5.41) is 3.93. The largest absolute Gasteiger partial charge is 0.325 e. The molecule has 3 N–H and O–H groups in total. The van der Waals surface area contributed by atoms with Gasteiger partial charge in [0.25, 0.3) is 0 Å². The smallest absolute Gasteiger partial charge is 0.324 e. The molecule has 2 aromatic rings. The molecule has 1 aliphatic rings. The Bertz CT molecular complexity index is 965. The molecular formula is C26H36ClFNO3PS. The highest BCUT2D eigenvalue weighted by Crippen LogP contribution is 2.44. The highest BCUT2D eigenvalue weighted by molar-refractivity contribution is 7.99. The average Bonchev–Trinajstić information content (AvgIpc) is 2.80. The normalized spacial score (nSPS) is 16.0. The van der Waals surface area contributed by atoms with Gasteiger partial charge >= 0.3 is 7.60 Å². The summed E-state index contributed by atoms with van der Waals surface area (Å²) in [6, 6.07) is 13.4. The van der Waals surface area contributed by atoms with Crippen LogP contribution in [0.3, 0.4) is 0 Å². The molecule has 0 unspecified atom stereocenters. The molecule has 8 heteroatoms. The fourth-order valence-corrected chi connectivity index (χ4v) is 6.80. The maximum Gasteiger partial charge on any atom is 0.325 e. The molecule has 1 aliphatic carbocycles. The minimum Gasteiger partial charge on any atom is -0.324 e. The molecule has 0 atom stereocenters. The van der Waals surface area contributed by atoms with Crippen LogP contribution >= 0.6 is 31.0 Å². The van der Waals surface area contributed by atoms with Gasteiger partial charge in [0.05, 0.1) is 11.2 Å². The van der Waals surface area contributed by atoms with Crippen LogP contribution in [0.15, 0.2) is 47.4 Å². The molecule has 0 aromatic heterocycles. The van der Waals surface area contributed by atoms with Crippen LogP contribution in [0, 0.1) is 5.82 Å². The van der Waals surface area contributed by atoms with Crippen LogP contribution in [-0.4, -0.2) is 28.2 Å². The van der Waals surface area contributed by atoms with Crippen LogP contribution in [0.4, 0.5) is 4.39 Å². The lowest BCUT2D eigenvalue weighted by Crippen LogP contribution is -2.30. The number of hydrogen-bond donors (Lipinski definition) is 3. The van der Waals surface area contributed by atoms with Crippen LogP contribution in [-0.2, 0) is 16.5 Å². The SMILES string of the molecule is O=P(O)(O)CCCNCc1ccc(SCCCCC2(c3ccccc3F)CCCCC2)c(Cl)c1. The van der Waals surface area contributed by atoms with E-state index in [2.05, 4.69) is 5.32 Å². The predicted octanol–water partition coefficient (Wildman–Crippen LogP) is 7.30. The van der Waals surface area contributed by atoms with E-state index in [0.717, 1.165) is 58.9 Å². The fraction of sp³-hybridized carbons (Fsp3) is 0.538. The van der Waals surface area contributed by atoms with Crippen molar-refractivity contribution in [3.8, 4) is 0 Å². The molecule has 1 fully saturated rings. The fourth-order valence-electron chi connectivity index (χ4n) is 4.94. The third-order valence-electron chi connectivity index (χ3n) is 6.69. The molecule has 188 valence electrons. The summed E-state index contributed by atoms with van der Waals surface area (Å²) in [6.07, 6.45) is 9.31. The molecule has 0 aliphatic heterocycles. The zero-order chi connectivity index (χ0) is 24.4. The van der Waals surface area contributed by atoms with Crippen molar-refractivity contribution in [1.29, 1.82) is 0 Å². The molecule has 0 heterocycles. The third kappa shape index (κ3) is 8.65. The minimum atomic E-state index is -3.92. The summed E-state index contributed by atoms with van der Waals surface area (Å²) in [5.41, 5.74) is 1.96. The Hall–Kier alpha value is -0.880. The molecule has 0 spiro atoms. The number of hydrogen-bond acceptors (Lipinski definition) is 3. The zero-order valence-corrected chi connectivity index (χ0v) is 22.1. The van der Waals surface area contributed by atoms with Gasteiger partial charge in [-0.25, -0.2) is 4.39 Å². The monoisotopic (exact) mass is 527 g/mol. The second kappa shape index (κ2) is 13.4. The van der Waals surface area contributed by atoms with Gasteiger partial charge in [-0.3, -0.25) is 4.57 Å². The topological polar surface area (TPSA) is 69.6 Å². The minimum absolute atomic E-state index is 0.00809. The Kier molecular flexibility index (Phi) is 10.9. The van der Waals surface area contributed by atoms with E-state index in [4.69, 9.17) is 21.4 Å². The average molecular weight is 528 g/mol. The van der Waals surface area contributed by atoms with Crippen molar-refractivity contribution in [2.24, 2.45) is 0 Å². The van der Waals surface area contributed by atoms with E-state index < -0.39 is 7.60 Å². The van der Waals surface area contributed by atoms with Crippen molar-refractivity contribution in [3.63, 3.8) is 0 Å². The van der Waals surface area contributed by atoms with Gasteiger partial charge in [-0.1, -0.05) is 61.5 Å². The van der Waals surface area contributed by atoms with Gasteiger partial charge in [-0.05, 0) is 79.1 Å². The number of thioether (sulfide) groups is 1. The predicted molar refractivity (Wildman–Crippen MR) is 140 cm³/mol. The molecule has 0 bridgehead atoms. The molecule has 0 radical (unpaired) electrons. The van der Waals surface area contributed by atoms with E-state index >= 15 is 0 Å². The maximum absolute atomic E-state index is 14.6. The molecular weight excluding hydrogens is 492 g/mol. The van der Waals surface area contributed by atoms with E-state index in [1.165, 1.54) is 19.3 Å². The number of rotatable bonds is 13. The standard InChI is InChI=1S/C26H36ClFNO3PS/c27-23-19-21(20-29-16-8-17-33(30,31)32)11-12-25(23)34-18-7-6-15-26(13-4-1-5-14-26)22-9-2-3-10-24(22)28/h2-3,9-12,19,29H,1,4-8,13-18,20H2,(H2,30,31,32). The lowest BCUT2D eigenvalue weighted by atomic mass is 9.66. The van der Waals surface area contributed by atoms with Gasteiger partial charge in [0.15, 0.2) is 0 Å². The second-order valence-electron chi connectivity index (χ2n) is 9.31. The Labute approximate surface area is 212 Å². The summed E-state index contributed by atoms with van der Waals surface area (Å²) in [5.74, 6) is 0.925. The molecule has 0 saturated heterocycles. The molecule has 4 nitrogen and oxygen atoms in total. The van der Waals surface area contributed by atoms with Crippen molar-refractivity contribution in [3.05, 3.63) is 64.4 Å². The lowest BCUT2D eigenvalue weighted by Gasteiger charge is -2.38. The van der Waals surface area contributed by atoms with Crippen molar-refractivity contribution in [2.45, 2.75) is 74.6 Å². The van der Waals surface area contributed by atoms with E-state index in [-0.39, 0.29) is 17.4 Å². The molecule has 1 saturated carbocycles. The van der Waals surface area contributed by atoms with Gasteiger partial charge < -0.3 is 15.1 Å². The molecule has 3 rings (SSSR count). The Balaban J connectivity index is 1.42. The first-order valence-electron chi connectivity index (χ1n) is 12.2. The molecule has 0 amide bonds. The first-order valence-corrected chi connectivity index (χ1v) is 15.4. The van der Waals surface area contributed by atoms with E-state index in [1.54, 1.807) is 23.9 Å². The van der Waals surface area contributed by atoms with Crippen LogP contribution in [0.5, 0.6) is 0 Å². The summed E-state index contributed by atoms with van der Waals surface area (Å²) in [6.45, 7) is 1.16. The summed E-state index contributed by atoms with van der Waals surface area (Å²) < 4.78 is 25.5. The Morgan fingerprint density at radius 3 is 2.53 bits per heavy atom. The Morgan fingerprint density at radius 1 is 1.06 bits per heavy atom. The van der Waals surface area contributed by atoms with Gasteiger partial charge in [0.2, 0.25) is 0 Å². The first kappa shape index (κ1) is 27.7. The zero-order valence-electron chi connectivity index (χ0n) is 19.6. The molecule has 2 aromatic carbocycles. The summed E-state index contributed by atoms with van der Waals surface area (Å²) in [7, 11) is -3.92. The van der Waals surface area contributed by atoms with E-state index in [9.17, 15) is 8.96 Å². The van der Waals surface area contributed by atoms with Crippen molar-refractivity contribution < 1.29 is 18.7 Å². The van der Waals surface area contributed by atoms with Crippen LogP contribution in [0.25, 0.3) is 0 Å². The molecule has 34 heavy (non-hydrogen) atoms. The quantitative estimate of drug-likeness (QED) is 0.145. The summed E-state index contributed by atoms with van der Waals surface area (Å²) >= 11 is 8.25. The lowest BCUT2D eigenvalue weighted by molar-refractivity contribution is 0.260. The van der Waals surface area contributed by atoms with Crippen LogP contribution in [0.1, 0.15) is 68.9 Å². The van der Waals surface area contributed by atoms with Gasteiger partial charge in [-0.2, -0.15) is 0 Å². The van der Waals surface area contributed by atoms with Gasteiger partial charge in [0, 0.05) is 11.4 Å². The van der Waals surface area contributed by atoms with Crippen LogP contribution < -0.4 is 5.32 Å². The number of halogens is 2. The van der Waals surface area contributed by atoms with Gasteiger partial charge in [0.1, 0.15) is 5.82 Å². The van der Waals surface area contributed by atoms with Crippen molar-refractivity contribution >= 4 is 31.0 Å². The maximum atomic E-state index is 14.6.